The largest absolute Gasteiger partial charge is 0.391 e. The minimum atomic E-state index is -0.801. The summed E-state index contributed by atoms with van der Waals surface area (Å²) in [6, 6.07) is 9.79. The Balaban J connectivity index is 1.32. The number of nitrogens with zero attached hydrogens (tertiary/aromatic N) is 1. The molecule has 3 N–H and O–H groups in total. The third-order valence-corrected chi connectivity index (χ3v) is 6.68. The van der Waals surface area contributed by atoms with Crippen molar-refractivity contribution in [1.82, 2.24) is 5.32 Å². The standard InChI is InChI=1S/C21H22ClN3O5S/c22-18-6-5-17(31-18)21(29)24-15-9-12(10-16(15)26)20(28)23-13-1-3-14(4-2-13)25-7-8-30-11-19(25)27/h1-6,12,15-16,26H,7-11H2,(H,23,28)(H,24,29)/t12-,15+,16+/m1/s1. The first-order chi connectivity index (χ1) is 14.9. The van der Waals surface area contributed by atoms with E-state index in [1.807, 2.05) is 0 Å². The lowest BCUT2D eigenvalue weighted by atomic mass is 10.1. The fraction of sp³-hybridized carbons (Fsp3) is 0.381. The van der Waals surface area contributed by atoms with Crippen molar-refractivity contribution < 1.29 is 24.2 Å². The molecule has 2 heterocycles. The molecule has 1 aliphatic carbocycles. The van der Waals surface area contributed by atoms with Crippen LogP contribution in [-0.4, -0.2) is 54.7 Å². The number of hydrogen-bond acceptors (Lipinski definition) is 6. The van der Waals surface area contributed by atoms with Crippen molar-refractivity contribution >= 4 is 52.0 Å². The van der Waals surface area contributed by atoms with Gasteiger partial charge in [0.1, 0.15) is 6.61 Å². The van der Waals surface area contributed by atoms with Crippen LogP contribution in [0.5, 0.6) is 0 Å². The van der Waals surface area contributed by atoms with Crippen molar-refractivity contribution in [3.8, 4) is 0 Å². The van der Waals surface area contributed by atoms with Gasteiger partial charge in [-0.2, -0.15) is 0 Å². The molecular weight excluding hydrogens is 442 g/mol. The lowest BCUT2D eigenvalue weighted by Gasteiger charge is -2.27. The number of aliphatic hydroxyl groups excluding tert-OH is 1. The molecule has 2 aromatic rings. The van der Waals surface area contributed by atoms with Gasteiger partial charge in [0.2, 0.25) is 5.91 Å². The molecule has 31 heavy (non-hydrogen) atoms. The molecule has 1 saturated carbocycles. The van der Waals surface area contributed by atoms with E-state index in [2.05, 4.69) is 10.6 Å². The lowest BCUT2D eigenvalue weighted by Crippen LogP contribution is -2.41. The summed E-state index contributed by atoms with van der Waals surface area (Å²) in [5, 5.41) is 16.0. The van der Waals surface area contributed by atoms with Crippen molar-refractivity contribution in [2.24, 2.45) is 5.92 Å². The van der Waals surface area contributed by atoms with Gasteiger partial charge in [0, 0.05) is 23.8 Å². The summed E-state index contributed by atoms with van der Waals surface area (Å²) >= 11 is 7.03. The summed E-state index contributed by atoms with van der Waals surface area (Å²) in [6.45, 7) is 1.06. The normalized spacial score (nSPS) is 23.6. The number of thiophene rings is 1. The smallest absolute Gasteiger partial charge is 0.261 e. The van der Waals surface area contributed by atoms with E-state index >= 15 is 0 Å². The van der Waals surface area contributed by atoms with Crippen LogP contribution in [0.15, 0.2) is 36.4 Å². The highest BCUT2D eigenvalue weighted by Crippen LogP contribution is 2.29. The Morgan fingerprint density at radius 3 is 2.61 bits per heavy atom. The van der Waals surface area contributed by atoms with Crippen molar-refractivity contribution in [2.45, 2.75) is 25.0 Å². The fourth-order valence-corrected chi connectivity index (χ4v) is 4.77. The van der Waals surface area contributed by atoms with Gasteiger partial charge in [-0.25, -0.2) is 0 Å². The number of amides is 3. The van der Waals surface area contributed by atoms with Gasteiger partial charge in [-0.15, -0.1) is 11.3 Å². The molecule has 3 amide bonds. The number of anilines is 2. The van der Waals surface area contributed by atoms with Crippen LogP contribution in [0.3, 0.4) is 0 Å². The highest BCUT2D eigenvalue weighted by molar-refractivity contribution is 7.18. The van der Waals surface area contributed by atoms with Crippen LogP contribution in [0.25, 0.3) is 0 Å². The van der Waals surface area contributed by atoms with E-state index in [0.29, 0.717) is 34.5 Å². The predicted octanol–water partition coefficient (Wildman–Crippen LogP) is 2.27. The van der Waals surface area contributed by atoms with Crippen LogP contribution >= 0.6 is 22.9 Å². The predicted molar refractivity (Wildman–Crippen MR) is 118 cm³/mol. The minimum Gasteiger partial charge on any atom is -0.391 e. The lowest BCUT2D eigenvalue weighted by molar-refractivity contribution is -0.125. The average Bonchev–Trinajstić information content (AvgIpc) is 3.35. The maximum atomic E-state index is 12.7. The van der Waals surface area contributed by atoms with E-state index in [1.54, 1.807) is 41.3 Å². The molecule has 3 atom stereocenters. The molecule has 1 aromatic carbocycles. The molecule has 0 radical (unpaired) electrons. The quantitative estimate of drug-likeness (QED) is 0.630. The number of carbonyl (C=O) groups is 3. The van der Waals surface area contributed by atoms with Crippen LogP contribution in [0.2, 0.25) is 4.34 Å². The summed E-state index contributed by atoms with van der Waals surface area (Å²) in [5.41, 5.74) is 1.35. The molecular formula is C21H22ClN3O5S. The second-order valence-electron chi connectivity index (χ2n) is 7.55. The first-order valence-corrected chi connectivity index (χ1v) is 11.1. The zero-order valence-electron chi connectivity index (χ0n) is 16.5. The summed E-state index contributed by atoms with van der Waals surface area (Å²) in [4.78, 5) is 39.0. The Bertz CT molecular complexity index is 980. The average molecular weight is 464 g/mol. The number of nitrogens with one attached hydrogen (secondary N) is 2. The summed E-state index contributed by atoms with van der Waals surface area (Å²) in [6.07, 6.45) is -0.189. The van der Waals surface area contributed by atoms with Crippen LogP contribution < -0.4 is 15.5 Å². The minimum absolute atomic E-state index is 0.0692. The fourth-order valence-electron chi connectivity index (χ4n) is 3.82. The molecule has 1 saturated heterocycles. The molecule has 0 unspecified atom stereocenters. The Kier molecular flexibility index (Phi) is 6.57. The second kappa shape index (κ2) is 9.35. The molecule has 4 rings (SSSR count). The molecule has 1 aliphatic heterocycles. The Labute approximate surface area is 188 Å². The number of rotatable bonds is 5. The van der Waals surface area contributed by atoms with Gasteiger partial charge in [0.25, 0.3) is 11.8 Å². The molecule has 10 heteroatoms. The number of halogens is 1. The van der Waals surface area contributed by atoms with E-state index in [4.69, 9.17) is 16.3 Å². The topological polar surface area (TPSA) is 108 Å². The van der Waals surface area contributed by atoms with Crippen LogP contribution in [0.1, 0.15) is 22.5 Å². The summed E-state index contributed by atoms with van der Waals surface area (Å²) < 4.78 is 5.65. The van der Waals surface area contributed by atoms with E-state index < -0.39 is 18.1 Å². The van der Waals surface area contributed by atoms with Gasteiger partial charge < -0.3 is 25.4 Å². The number of aliphatic hydroxyl groups is 1. The summed E-state index contributed by atoms with van der Waals surface area (Å²) in [7, 11) is 0. The molecule has 1 aromatic heterocycles. The van der Waals surface area contributed by atoms with E-state index in [-0.39, 0.29) is 30.7 Å². The first-order valence-electron chi connectivity index (χ1n) is 9.94. The van der Waals surface area contributed by atoms with Gasteiger partial charge in [0.15, 0.2) is 0 Å². The molecule has 2 aliphatic rings. The maximum Gasteiger partial charge on any atom is 0.261 e. The van der Waals surface area contributed by atoms with Gasteiger partial charge in [-0.05, 0) is 49.2 Å². The van der Waals surface area contributed by atoms with Gasteiger partial charge in [-0.3, -0.25) is 14.4 Å². The Morgan fingerprint density at radius 2 is 1.94 bits per heavy atom. The summed E-state index contributed by atoms with van der Waals surface area (Å²) in [5.74, 6) is -1.05. The third-order valence-electron chi connectivity index (χ3n) is 5.45. The number of hydrogen-bond donors (Lipinski definition) is 3. The molecule has 0 spiro atoms. The third kappa shape index (κ3) is 5.07. The monoisotopic (exact) mass is 463 g/mol. The zero-order chi connectivity index (χ0) is 22.0. The Hall–Kier alpha value is -2.46. The highest BCUT2D eigenvalue weighted by atomic mass is 35.5. The zero-order valence-corrected chi connectivity index (χ0v) is 18.1. The first kappa shape index (κ1) is 21.8. The highest BCUT2D eigenvalue weighted by Gasteiger charge is 2.38. The number of benzene rings is 1. The van der Waals surface area contributed by atoms with Crippen LogP contribution in [-0.2, 0) is 14.3 Å². The van der Waals surface area contributed by atoms with Crippen molar-refractivity contribution in [1.29, 1.82) is 0 Å². The van der Waals surface area contributed by atoms with Crippen molar-refractivity contribution in [2.75, 3.05) is 30.0 Å². The van der Waals surface area contributed by atoms with Gasteiger partial charge >= 0.3 is 0 Å². The van der Waals surface area contributed by atoms with Crippen molar-refractivity contribution in [3.05, 3.63) is 45.6 Å². The molecule has 164 valence electrons. The molecule has 8 nitrogen and oxygen atoms in total. The van der Waals surface area contributed by atoms with Crippen LogP contribution in [0.4, 0.5) is 11.4 Å². The maximum absolute atomic E-state index is 12.7. The van der Waals surface area contributed by atoms with Gasteiger partial charge in [0.05, 0.1) is 28.0 Å². The number of carbonyl (C=O) groups excluding carboxylic acids is 3. The number of morpholine rings is 1. The van der Waals surface area contributed by atoms with E-state index in [1.165, 1.54) is 0 Å². The SMILES string of the molecule is O=C(N[C@H]1C[C@@H](C(=O)Nc2ccc(N3CCOCC3=O)cc2)C[C@@H]1O)c1ccc(Cl)s1. The molecule has 0 bridgehead atoms. The Morgan fingerprint density at radius 1 is 1.16 bits per heavy atom. The van der Waals surface area contributed by atoms with Gasteiger partial charge in [-0.1, -0.05) is 11.6 Å². The van der Waals surface area contributed by atoms with E-state index in [0.717, 1.165) is 17.0 Å². The second-order valence-corrected chi connectivity index (χ2v) is 9.27. The van der Waals surface area contributed by atoms with E-state index in [9.17, 15) is 19.5 Å². The number of ether oxygens (including phenoxy) is 1. The molecule has 2 fully saturated rings. The van der Waals surface area contributed by atoms with Crippen LogP contribution in [0, 0.1) is 5.92 Å². The van der Waals surface area contributed by atoms with Crippen molar-refractivity contribution in [3.63, 3.8) is 0 Å².